The minimum atomic E-state index is -0.00581. The van der Waals surface area contributed by atoms with Gasteiger partial charge in [0.1, 0.15) is 6.54 Å². The molecule has 0 saturated heterocycles. The number of thiazole rings is 1. The van der Waals surface area contributed by atoms with Crippen LogP contribution in [0.3, 0.4) is 0 Å². The average molecular weight is 297 g/mol. The Labute approximate surface area is 124 Å². The van der Waals surface area contributed by atoms with Gasteiger partial charge in [0.25, 0.3) is 0 Å². The lowest BCUT2D eigenvalue weighted by molar-refractivity contribution is -0.127. The second-order valence-corrected chi connectivity index (χ2v) is 5.53. The zero-order valence-corrected chi connectivity index (χ0v) is 13.4. The maximum Gasteiger partial charge on any atom is 0.243 e. The van der Waals surface area contributed by atoms with Crippen LogP contribution in [0.1, 0.15) is 11.9 Å². The topological polar surface area (TPSA) is 60.8 Å². The highest BCUT2D eigenvalue weighted by Gasteiger charge is 2.08. The summed E-state index contributed by atoms with van der Waals surface area (Å²) in [4.78, 5) is 23.8. The molecule has 0 fully saturated rings. The van der Waals surface area contributed by atoms with Crippen molar-refractivity contribution in [1.29, 1.82) is 0 Å². The number of likely N-dealkylation sites (N-methyl/N-ethyl adjacent to an activating group) is 2. The van der Waals surface area contributed by atoms with E-state index in [1.54, 1.807) is 30.3 Å². The molecule has 1 amide bonds. The third-order valence-electron chi connectivity index (χ3n) is 2.70. The lowest BCUT2D eigenvalue weighted by atomic mass is 10.4. The van der Waals surface area contributed by atoms with Crippen LogP contribution >= 0.6 is 11.3 Å². The van der Waals surface area contributed by atoms with Crippen LogP contribution in [0.4, 0.5) is 0 Å². The Balaban J connectivity index is 2.54. The lowest BCUT2D eigenvalue weighted by Gasteiger charge is -2.21. The maximum atomic E-state index is 11.6. The fourth-order valence-electron chi connectivity index (χ4n) is 1.50. The fourth-order valence-corrected chi connectivity index (χ4v) is 2.11. The Hall–Kier alpha value is -1.63. The highest BCUT2D eigenvalue weighted by Crippen LogP contribution is 2.05. The first-order valence-electron chi connectivity index (χ1n) is 6.62. The second-order valence-electron chi connectivity index (χ2n) is 4.56. The molecule has 0 unspecified atom stereocenters. The molecule has 112 valence electrons. The van der Waals surface area contributed by atoms with Gasteiger partial charge < -0.3 is 15.1 Å². The highest BCUT2D eigenvalue weighted by atomic mass is 32.1. The molecule has 1 aromatic rings. The smallest absolute Gasteiger partial charge is 0.243 e. The van der Waals surface area contributed by atoms with Crippen LogP contribution < -0.4 is 5.32 Å². The molecule has 0 spiro atoms. The summed E-state index contributed by atoms with van der Waals surface area (Å²) in [6.45, 7) is 3.76. The van der Waals surface area contributed by atoms with E-state index >= 15 is 0 Å². The number of carbonyl (C=O) groups excluding carboxylic acids is 1. The van der Waals surface area contributed by atoms with Crippen molar-refractivity contribution in [2.75, 3.05) is 40.8 Å². The second kappa shape index (κ2) is 8.52. The number of rotatable bonds is 6. The van der Waals surface area contributed by atoms with Crippen molar-refractivity contribution in [3.8, 4) is 0 Å². The molecule has 0 aliphatic rings. The molecule has 6 nitrogen and oxygen atoms in total. The first-order valence-corrected chi connectivity index (χ1v) is 7.50. The summed E-state index contributed by atoms with van der Waals surface area (Å²) < 4.78 is 0. The molecule has 20 heavy (non-hydrogen) atoms. The first-order chi connectivity index (χ1) is 9.54. The summed E-state index contributed by atoms with van der Waals surface area (Å²) in [6.07, 6.45) is 2.69. The molecule has 0 aliphatic heterocycles. The summed E-state index contributed by atoms with van der Waals surface area (Å²) in [5.74, 6) is 0.744. The number of amides is 1. The quantitative estimate of drug-likeness (QED) is 0.619. The van der Waals surface area contributed by atoms with Crippen molar-refractivity contribution >= 4 is 23.2 Å². The van der Waals surface area contributed by atoms with Gasteiger partial charge in [0, 0.05) is 52.2 Å². The van der Waals surface area contributed by atoms with Crippen LogP contribution in [-0.4, -0.2) is 67.4 Å². The van der Waals surface area contributed by atoms with Gasteiger partial charge in [-0.3, -0.25) is 4.79 Å². The number of carbonyl (C=O) groups is 1. The van der Waals surface area contributed by atoms with Crippen molar-refractivity contribution in [3.63, 3.8) is 0 Å². The van der Waals surface area contributed by atoms with E-state index in [9.17, 15) is 4.79 Å². The fraction of sp³-hybridized carbons (Fsp3) is 0.615. The maximum absolute atomic E-state index is 11.6. The number of hydrogen-bond donors (Lipinski definition) is 1. The molecule has 0 radical (unpaired) electrons. The van der Waals surface area contributed by atoms with E-state index in [1.165, 1.54) is 0 Å². The van der Waals surface area contributed by atoms with Gasteiger partial charge in [-0.1, -0.05) is 0 Å². The molecule has 0 aliphatic carbocycles. The highest BCUT2D eigenvalue weighted by molar-refractivity contribution is 7.09. The third-order valence-corrected chi connectivity index (χ3v) is 3.54. The van der Waals surface area contributed by atoms with Gasteiger partial charge in [0.2, 0.25) is 5.91 Å². The largest absolute Gasteiger partial charge is 0.357 e. The number of guanidine groups is 1. The van der Waals surface area contributed by atoms with Crippen LogP contribution in [0.2, 0.25) is 0 Å². The Morgan fingerprint density at radius 1 is 1.45 bits per heavy atom. The van der Waals surface area contributed by atoms with Crippen molar-refractivity contribution < 1.29 is 4.79 Å². The van der Waals surface area contributed by atoms with Gasteiger partial charge in [0.15, 0.2) is 5.96 Å². The predicted octanol–water partition coefficient (Wildman–Crippen LogP) is 0.671. The minimum absolute atomic E-state index is 0.00581. The monoisotopic (exact) mass is 297 g/mol. The number of aromatic nitrogens is 1. The molecular weight excluding hydrogens is 274 g/mol. The van der Waals surface area contributed by atoms with Crippen LogP contribution in [0.25, 0.3) is 0 Å². The normalized spacial score (nSPS) is 11.3. The molecule has 0 aromatic carbocycles. The number of aliphatic imine (C=N–C) groups is 1. The molecule has 1 aromatic heterocycles. The van der Waals surface area contributed by atoms with E-state index in [2.05, 4.69) is 15.3 Å². The molecule has 1 N–H and O–H groups in total. The molecule has 7 heteroatoms. The Morgan fingerprint density at radius 2 is 2.20 bits per heavy atom. The molecule has 1 heterocycles. The van der Waals surface area contributed by atoms with E-state index in [0.29, 0.717) is 0 Å². The summed E-state index contributed by atoms with van der Waals surface area (Å²) in [5, 5.41) is 6.28. The van der Waals surface area contributed by atoms with Gasteiger partial charge in [0.05, 0.1) is 5.01 Å². The third kappa shape index (κ3) is 5.56. The lowest BCUT2D eigenvalue weighted by Crippen LogP contribution is -2.40. The van der Waals surface area contributed by atoms with Crippen molar-refractivity contribution in [2.45, 2.75) is 13.3 Å². The van der Waals surface area contributed by atoms with E-state index in [0.717, 1.165) is 30.5 Å². The minimum Gasteiger partial charge on any atom is -0.357 e. The van der Waals surface area contributed by atoms with Crippen molar-refractivity contribution in [1.82, 2.24) is 20.1 Å². The summed E-state index contributed by atoms with van der Waals surface area (Å²) in [6, 6.07) is 0. The van der Waals surface area contributed by atoms with Crippen LogP contribution in [-0.2, 0) is 11.2 Å². The van der Waals surface area contributed by atoms with E-state index < -0.39 is 0 Å². The van der Waals surface area contributed by atoms with Crippen molar-refractivity contribution in [3.05, 3.63) is 16.6 Å². The predicted molar refractivity (Wildman–Crippen MR) is 83.1 cm³/mol. The number of hydrogen-bond acceptors (Lipinski definition) is 4. The average Bonchev–Trinajstić information content (AvgIpc) is 2.93. The SMILES string of the molecule is CCNC(=NCC(=O)N(C)C)N(C)CCc1nccs1. The zero-order valence-electron chi connectivity index (χ0n) is 12.6. The van der Waals surface area contributed by atoms with E-state index in [-0.39, 0.29) is 12.5 Å². The standard InChI is InChI=1S/C13H23N5OS/c1-5-14-13(16-10-12(19)17(2)3)18(4)8-6-11-15-7-9-20-11/h7,9H,5-6,8,10H2,1-4H3,(H,14,16). The van der Waals surface area contributed by atoms with Gasteiger partial charge in [-0.25, -0.2) is 9.98 Å². The number of nitrogens with one attached hydrogen (secondary N) is 1. The molecule has 0 atom stereocenters. The Bertz CT molecular complexity index is 430. The molecular formula is C13H23N5OS. The molecule has 0 saturated carbocycles. The van der Waals surface area contributed by atoms with Gasteiger partial charge in [-0.05, 0) is 6.92 Å². The van der Waals surface area contributed by atoms with Crippen LogP contribution in [0.15, 0.2) is 16.6 Å². The Kier molecular flexibility index (Phi) is 7.00. The van der Waals surface area contributed by atoms with Crippen LogP contribution in [0, 0.1) is 0 Å². The molecule has 0 bridgehead atoms. The zero-order chi connectivity index (χ0) is 15.0. The van der Waals surface area contributed by atoms with Crippen LogP contribution in [0.5, 0.6) is 0 Å². The van der Waals surface area contributed by atoms with E-state index in [4.69, 9.17) is 0 Å². The summed E-state index contributed by atoms with van der Waals surface area (Å²) in [7, 11) is 5.43. The Morgan fingerprint density at radius 3 is 2.75 bits per heavy atom. The van der Waals surface area contributed by atoms with E-state index in [1.807, 2.05) is 30.4 Å². The van der Waals surface area contributed by atoms with Gasteiger partial charge in [-0.15, -0.1) is 11.3 Å². The van der Waals surface area contributed by atoms with Gasteiger partial charge in [-0.2, -0.15) is 0 Å². The van der Waals surface area contributed by atoms with Crippen molar-refractivity contribution in [2.24, 2.45) is 4.99 Å². The number of nitrogens with zero attached hydrogens (tertiary/aromatic N) is 4. The summed E-state index contributed by atoms with van der Waals surface area (Å²) in [5.41, 5.74) is 0. The summed E-state index contributed by atoms with van der Waals surface area (Å²) >= 11 is 1.65. The van der Waals surface area contributed by atoms with Gasteiger partial charge >= 0.3 is 0 Å². The molecule has 1 rings (SSSR count). The first kappa shape index (κ1) is 16.4.